The molecule has 110 valence electrons. The van der Waals surface area contributed by atoms with Crippen molar-refractivity contribution in [3.63, 3.8) is 0 Å². The molecular weight excluding hydrogens is 268 g/mol. The van der Waals surface area contributed by atoms with Crippen LogP contribution in [0.5, 0.6) is 0 Å². The molecule has 0 aliphatic heterocycles. The smallest absolute Gasteiger partial charge is 0.352 e. The normalized spacial score (nSPS) is 10.5. The summed E-state index contributed by atoms with van der Waals surface area (Å²) in [5, 5.41) is 11.9. The molecule has 0 saturated carbocycles. The standard InChI is InChI=1S/C16H18N2O3/c1-8-6-5-7-12(9(8)2)18-15(19)13-10(3)14(16(20)21)17-11(13)4/h5-7,17H,1-4H3,(H,18,19)(H,20,21). The van der Waals surface area contributed by atoms with Crippen molar-refractivity contribution in [3.05, 3.63) is 51.8 Å². The molecule has 1 amide bonds. The van der Waals surface area contributed by atoms with Crippen molar-refractivity contribution in [2.75, 3.05) is 5.32 Å². The zero-order chi connectivity index (χ0) is 15.7. The molecule has 0 radical (unpaired) electrons. The van der Waals surface area contributed by atoms with Gasteiger partial charge in [-0.15, -0.1) is 0 Å². The molecule has 0 aliphatic carbocycles. The molecule has 1 aromatic carbocycles. The Bertz CT molecular complexity index is 729. The predicted octanol–water partition coefficient (Wildman–Crippen LogP) is 3.20. The summed E-state index contributed by atoms with van der Waals surface area (Å²) in [4.78, 5) is 26.3. The van der Waals surface area contributed by atoms with E-state index in [4.69, 9.17) is 5.11 Å². The number of H-pyrrole nitrogens is 1. The topological polar surface area (TPSA) is 82.2 Å². The van der Waals surface area contributed by atoms with E-state index in [2.05, 4.69) is 10.3 Å². The monoisotopic (exact) mass is 286 g/mol. The van der Waals surface area contributed by atoms with Crippen LogP contribution in [0.1, 0.15) is 43.2 Å². The number of carbonyl (C=O) groups excluding carboxylic acids is 1. The molecule has 5 heteroatoms. The Morgan fingerprint density at radius 3 is 2.33 bits per heavy atom. The molecule has 2 rings (SSSR count). The number of carboxylic acid groups (broad SMARTS) is 1. The third-order valence-corrected chi connectivity index (χ3v) is 3.73. The van der Waals surface area contributed by atoms with Gasteiger partial charge in [-0.25, -0.2) is 4.79 Å². The summed E-state index contributed by atoms with van der Waals surface area (Å²) in [7, 11) is 0. The van der Waals surface area contributed by atoms with Crippen molar-refractivity contribution in [1.82, 2.24) is 4.98 Å². The van der Waals surface area contributed by atoms with Gasteiger partial charge >= 0.3 is 5.97 Å². The summed E-state index contributed by atoms with van der Waals surface area (Å²) >= 11 is 0. The zero-order valence-electron chi connectivity index (χ0n) is 12.5. The lowest BCUT2D eigenvalue weighted by Gasteiger charge is -2.10. The van der Waals surface area contributed by atoms with Gasteiger partial charge in [-0.2, -0.15) is 0 Å². The molecule has 21 heavy (non-hydrogen) atoms. The highest BCUT2D eigenvalue weighted by Gasteiger charge is 2.21. The molecule has 3 N–H and O–H groups in total. The number of hydrogen-bond acceptors (Lipinski definition) is 2. The van der Waals surface area contributed by atoms with E-state index in [0.717, 1.165) is 16.8 Å². The molecule has 0 spiro atoms. The molecule has 1 heterocycles. The number of carbonyl (C=O) groups is 2. The third-order valence-electron chi connectivity index (χ3n) is 3.73. The number of benzene rings is 1. The second-order valence-corrected chi connectivity index (χ2v) is 5.13. The van der Waals surface area contributed by atoms with Gasteiger partial charge < -0.3 is 15.4 Å². The van der Waals surface area contributed by atoms with Crippen LogP contribution in [0.2, 0.25) is 0 Å². The van der Waals surface area contributed by atoms with Crippen LogP contribution < -0.4 is 5.32 Å². The average molecular weight is 286 g/mol. The first-order valence-corrected chi connectivity index (χ1v) is 6.63. The number of rotatable bonds is 3. The number of aryl methyl sites for hydroxylation is 2. The highest BCUT2D eigenvalue weighted by atomic mass is 16.4. The summed E-state index contributed by atoms with van der Waals surface area (Å²) in [6, 6.07) is 5.67. The van der Waals surface area contributed by atoms with Crippen molar-refractivity contribution in [1.29, 1.82) is 0 Å². The second kappa shape index (κ2) is 5.44. The lowest BCUT2D eigenvalue weighted by Crippen LogP contribution is -2.15. The van der Waals surface area contributed by atoms with Crippen molar-refractivity contribution in [3.8, 4) is 0 Å². The van der Waals surface area contributed by atoms with E-state index < -0.39 is 5.97 Å². The number of carboxylic acids is 1. The fourth-order valence-electron chi connectivity index (χ4n) is 2.38. The molecular formula is C16H18N2O3. The molecule has 0 aliphatic rings. The first-order valence-electron chi connectivity index (χ1n) is 6.63. The number of aromatic carboxylic acids is 1. The van der Waals surface area contributed by atoms with Crippen LogP contribution in [0, 0.1) is 27.7 Å². The third kappa shape index (κ3) is 2.67. The maximum absolute atomic E-state index is 12.4. The van der Waals surface area contributed by atoms with Gasteiger partial charge in [0.15, 0.2) is 0 Å². The Balaban J connectivity index is 2.38. The minimum absolute atomic E-state index is 0.0543. The summed E-state index contributed by atoms with van der Waals surface area (Å²) in [5.74, 6) is -1.37. The number of anilines is 1. The lowest BCUT2D eigenvalue weighted by molar-refractivity contribution is 0.0690. The number of amides is 1. The fraction of sp³-hybridized carbons (Fsp3) is 0.250. The molecule has 1 aromatic heterocycles. The largest absolute Gasteiger partial charge is 0.477 e. The van der Waals surface area contributed by atoms with Gasteiger partial charge in [-0.05, 0) is 50.5 Å². The molecule has 5 nitrogen and oxygen atoms in total. The first-order chi connectivity index (χ1) is 9.82. The lowest BCUT2D eigenvalue weighted by atomic mass is 10.1. The van der Waals surface area contributed by atoms with E-state index >= 15 is 0 Å². The van der Waals surface area contributed by atoms with Crippen molar-refractivity contribution in [2.45, 2.75) is 27.7 Å². The van der Waals surface area contributed by atoms with Crippen molar-refractivity contribution in [2.24, 2.45) is 0 Å². The summed E-state index contributed by atoms with van der Waals surface area (Å²) < 4.78 is 0. The van der Waals surface area contributed by atoms with Gasteiger partial charge in [0.2, 0.25) is 0 Å². The Morgan fingerprint density at radius 1 is 1.10 bits per heavy atom. The van der Waals surface area contributed by atoms with Gasteiger partial charge in [0.1, 0.15) is 5.69 Å². The van der Waals surface area contributed by atoms with E-state index in [1.807, 2.05) is 32.0 Å². The molecule has 0 atom stereocenters. The van der Waals surface area contributed by atoms with Crippen molar-refractivity contribution < 1.29 is 14.7 Å². The van der Waals surface area contributed by atoms with Crippen LogP contribution >= 0.6 is 0 Å². The van der Waals surface area contributed by atoms with Gasteiger partial charge in [-0.3, -0.25) is 4.79 Å². The zero-order valence-corrected chi connectivity index (χ0v) is 12.5. The summed E-state index contributed by atoms with van der Waals surface area (Å²) in [5.41, 5.74) is 4.25. The first kappa shape index (κ1) is 14.8. The maximum atomic E-state index is 12.4. The Hall–Kier alpha value is -2.56. The molecule has 0 bridgehead atoms. The van der Waals surface area contributed by atoms with E-state index in [-0.39, 0.29) is 11.6 Å². The van der Waals surface area contributed by atoms with Crippen LogP contribution in [0.3, 0.4) is 0 Å². The summed E-state index contributed by atoms with van der Waals surface area (Å²) in [6.07, 6.45) is 0. The van der Waals surface area contributed by atoms with Crippen LogP contribution in [0.4, 0.5) is 5.69 Å². The second-order valence-electron chi connectivity index (χ2n) is 5.13. The fourth-order valence-corrected chi connectivity index (χ4v) is 2.38. The van der Waals surface area contributed by atoms with Gasteiger partial charge in [-0.1, -0.05) is 12.1 Å². The highest BCUT2D eigenvalue weighted by molar-refractivity contribution is 6.08. The quantitative estimate of drug-likeness (QED) is 0.810. The van der Waals surface area contributed by atoms with Gasteiger partial charge in [0, 0.05) is 11.4 Å². The predicted molar refractivity (Wildman–Crippen MR) is 81.1 cm³/mol. The van der Waals surface area contributed by atoms with Crippen LogP contribution in [-0.4, -0.2) is 22.0 Å². The number of aromatic amines is 1. The maximum Gasteiger partial charge on any atom is 0.352 e. The van der Waals surface area contributed by atoms with E-state index in [9.17, 15) is 9.59 Å². The van der Waals surface area contributed by atoms with Crippen molar-refractivity contribution >= 4 is 17.6 Å². The van der Waals surface area contributed by atoms with E-state index in [1.54, 1.807) is 13.8 Å². The average Bonchev–Trinajstić information content (AvgIpc) is 2.70. The summed E-state index contributed by atoms with van der Waals surface area (Å²) in [6.45, 7) is 7.23. The van der Waals surface area contributed by atoms with E-state index in [1.165, 1.54) is 0 Å². The molecule has 2 aromatic rings. The minimum Gasteiger partial charge on any atom is -0.477 e. The Morgan fingerprint density at radius 2 is 1.76 bits per heavy atom. The minimum atomic E-state index is -1.07. The number of aromatic nitrogens is 1. The van der Waals surface area contributed by atoms with Gasteiger partial charge in [0.25, 0.3) is 5.91 Å². The molecule has 0 unspecified atom stereocenters. The van der Waals surface area contributed by atoms with Gasteiger partial charge in [0.05, 0.1) is 5.56 Å². The number of nitrogens with one attached hydrogen (secondary N) is 2. The van der Waals surface area contributed by atoms with Crippen LogP contribution in [-0.2, 0) is 0 Å². The Kier molecular flexibility index (Phi) is 3.84. The number of hydrogen-bond donors (Lipinski definition) is 3. The highest BCUT2D eigenvalue weighted by Crippen LogP contribution is 2.22. The molecule has 0 fully saturated rings. The molecule has 0 saturated heterocycles. The van der Waals surface area contributed by atoms with Crippen LogP contribution in [0.15, 0.2) is 18.2 Å². The van der Waals surface area contributed by atoms with E-state index in [0.29, 0.717) is 16.8 Å². The SMILES string of the molecule is Cc1cccc(NC(=O)c2c(C)[nH]c(C(=O)O)c2C)c1C. The Labute approximate surface area is 123 Å². The van der Waals surface area contributed by atoms with Crippen LogP contribution in [0.25, 0.3) is 0 Å².